The number of benzene rings is 1. The van der Waals surface area contributed by atoms with Gasteiger partial charge in [0.2, 0.25) is 0 Å². The molecule has 16 heavy (non-hydrogen) atoms. The van der Waals surface area contributed by atoms with E-state index in [2.05, 4.69) is 31.0 Å². The molecule has 2 nitrogen and oxygen atoms in total. The molecule has 84 valence electrons. The first-order valence-electron chi connectivity index (χ1n) is 5.37. The van der Waals surface area contributed by atoms with Gasteiger partial charge in [0, 0.05) is 35.8 Å². The maximum atomic E-state index is 6.29. The molecule has 1 heterocycles. The predicted molar refractivity (Wildman–Crippen MR) is 70.7 cm³/mol. The lowest BCUT2D eigenvalue weighted by atomic mass is 10.2. The van der Waals surface area contributed by atoms with Crippen LogP contribution < -0.4 is 0 Å². The quantitative estimate of drug-likeness (QED) is 0.706. The van der Waals surface area contributed by atoms with Gasteiger partial charge in [-0.05, 0) is 19.9 Å². The van der Waals surface area contributed by atoms with E-state index in [0.717, 1.165) is 21.6 Å². The van der Waals surface area contributed by atoms with E-state index >= 15 is 0 Å². The monoisotopic (exact) mass is 234 g/mol. The number of aromatic nitrogens is 1. The van der Waals surface area contributed by atoms with Gasteiger partial charge in [-0.2, -0.15) is 0 Å². The molecule has 0 fully saturated rings. The number of nitrogens with zero attached hydrogens (tertiary/aromatic N) is 2. The lowest BCUT2D eigenvalue weighted by Crippen LogP contribution is -1.91. The Kier molecular flexibility index (Phi) is 3.01. The van der Waals surface area contributed by atoms with Gasteiger partial charge >= 0.3 is 0 Å². The SMILES string of the molecule is CC(C)N=Cc1c(Cl)n(C)c2ccccc12. The zero-order valence-electron chi connectivity index (χ0n) is 9.74. The molecule has 0 unspecified atom stereocenters. The van der Waals surface area contributed by atoms with E-state index < -0.39 is 0 Å². The van der Waals surface area contributed by atoms with Crippen molar-refractivity contribution in [3.63, 3.8) is 0 Å². The molecule has 0 spiro atoms. The summed E-state index contributed by atoms with van der Waals surface area (Å²) in [5.41, 5.74) is 2.14. The van der Waals surface area contributed by atoms with Crippen molar-refractivity contribution < 1.29 is 0 Å². The number of hydrogen-bond donors (Lipinski definition) is 0. The molecular formula is C13H15ClN2. The van der Waals surface area contributed by atoms with Gasteiger partial charge in [0.25, 0.3) is 0 Å². The predicted octanol–water partition coefficient (Wildman–Crippen LogP) is 3.66. The molecule has 0 saturated heterocycles. The van der Waals surface area contributed by atoms with Crippen molar-refractivity contribution in [1.29, 1.82) is 0 Å². The Morgan fingerprint density at radius 2 is 2.00 bits per heavy atom. The highest BCUT2D eigenvalue weighted by Crippen LogP contribution is 2.27. The molecule has 1 aromatic heterocycles. The average molecular weight is 235 g/mol. The van der Waals surface area contributed by atoms with Gasteiger partial charge in [-0.1, -0.05) is 29.8 Å². The minimum Gasteiger partial charge on any atom is -0.334 e. The maximum Gasteiger partial charge on any atom is 0.118 e. The summed E-state index contributed by atoms with van der Waals surface area (Å²) in [6.45, 7) is 4.10. The third-order valence-electron chi connectivity index (χ3n) is 2.57. The Labute approximate surface area is 101 Å². The maximum absolute atomic E-state index is 6.29. The van der Waals surface area contributed by atoms with E-state index in [1.807, 2.05) is 30.0 Å². The van der Waals surface area contributed by atoms with Gasteiger partial charge in [-0.15, -0.1) is 0 Å². The summed E-state index contributed by atoms with van der Waals surface area (Å²) in [5, 5.41) is 1.89. The van der Waals surface area contributed by atoms with Crippen molar-refractivity contribution in [2.24, 2.45) is 12.0 Å². The Hall–Kier alpha value is -1.28. The van der Waals surface area contributed by atoms with Crippen LogP contribution in [0.3, 0.4) is 0 Å². The first kappa shape index (κ1) is 11.2. The van der Waals surface area contributed by atoms with Gasteiger partial charge in [0.15, 0.2) is 0 Å². The standard InChI is InChI=1S/C13H15ClN2/c1-9(2)15-8-11-10-6-4-5-7-12(10)16(3)13(11)14/h4-9H,1-3H3. The van der Waals surface area contributed by atoms with Crippen molar-refractivity contribution >= 4 is 28.7 Å². The van der Waals surface area contributed by atoms with Crippen molar-refractivity contribution in [3.8, 4) is 0 Å². The summed E-state index contributed by atoms with van der Waals surface area (Å²) in [6, 6.07) is 8.46. The summed E-state index contributed by atoms with van der Waals surface area (Å²) in [6.07, 6.45) is 1.87. The van der Waals surface area contributed by atoms with Gasteiger partial charge < -0.3 is 4.57 Å². The molecule has 2 rings (SSSR count). The molecular weight excluding hydrogens is 220 g/mol. The third kappa shape index (κ3) is 1.85. The first-order chi connectivity index (χ1) is 7.61. The highest BCUT2D eigenvalue weighted by Gasteiger charge is 2.10. The molecule has 0 amide bonds. The van der Waals surface area contributed by atoms with E-state index in [0.29, 0.717) is 0 Å². The number of para-hydroxylation sites is 1. The molecule has 2 aromatic rings. The molecule has 1 aromatic carbocycles. The average Bonchev–Trinajstić information content (AvgIpc) is 2.50. The van der Waals surface area contributed by atoms with E-state index in [9.17, 15) is 0 Å². The number of fused-ring (bicyclic) bond motifs is 1. The van der Waals surface area contributed by atoms with Crippen molar-refractivity contribution in [3.05, 3.63) is 35.0 Å². The molecule has 0 bridgehead atoms. The van der Waals surface area contributed by atoms with E-state index in [4.69, 9.17) is 11.6 Å². The summed E-state index contributed by atoms with van der Waals surface area (Å²) in [7, 11) is 1.97. The molecule has 3 heteroatoms. The molecule has 0 aliphatic rings. The van der Waals surface area contributed by atoms with Gasteiger partial charge in [0.05, 0.1) is 0 Å². The highest BCUT2D eigenvalue weighted by atomic mass is 35.5. The van der Waals surface area contributed by atoms with Crippen LogP contribution >= 0.6 is 11.6 Å². The van der Waals surface area contributed by atoms with Crippen LogP contribution in [0.1, 0.15) is 19.4 Å². The normalized spacial score (nSPS) is 12.1. The number of halogens is 1. The minimum atomic E-state index is 0.287. The summed E-state index contributed by atoms with van der Waals surface area (Å²) in [4.78, 5) is 4.40. The number of rotatable bonds is 2. The van der Waals surface area contributed by atoms with Crippen molar-refractivity contribution in [1.82, 2.24) is 4.57 Å². The largest absolute Gasteiger partial charge is 0.334 e. The molecule has 0 radical (unpaired) electrons. The second kappa shape index (κ2) is 4.30. The Balaban J connectivity index is 2.64. The number of aliphatic imine (C=N–C) groups is 1. The van der Waals surface area contributed by atoms with E-state index in [1.165, 1.54) is 0 Å². The van der Waals surface area contributed by atoms with Gasteiger partial charge in [-0.3, -0.25) is 4.99 Å². The third-order valence-corrected chi connectivity index (χ3v) is 3.03. The van der Waals surface area contributed by atoms with E-state index in [-0.39, 0.29) is 6.04 Å². The lowest BCUT2D eigenvalue weighted by molar-refractivity contribution is 0.841. The summed E-state index contributed by atoms with van der Waals surface area (Å²) >= 11 is 6.29. The van der Waals surface area contributed by atoms with Crippen LogP contribution in [0.25, 0.3) is 10.9 Å². The fraction of sp³-hybridized carbons (Fsp3) is 0.308. The fourth-order valence-electron chi connectivity index (χ4n) is 1.74. The molecule has 0 N–H and O–H groups in total. The van der Waals surface area contributed by atoms with Crippen LogP contribution in [0.5, 0.6) is 0 Å². The molecule has 0 saturated carbocycles. The van der Waals surface area contributed by atoms with Crippen LogP contribution in [0, 0.1) is 0 Å². The highest BCUT2D eigenvalue weighted by molar-refractivity contribution is 6.34. The first-order valence-corrected chi connectivity index (χ1v) is 5.75. The second-order valence-electron chi connectivity index (χ2n) is 4.15. The lowest BCUT2D eigenvalue weighted by Gasteiger charge is -1.96. The zero-order chi connectivity index (χ0) is 11.7. The molecule has 0 aliphatic heterocycles. The summed E-state index contributed by atoms with van der Waals surface area (Å²) in [5.74, 6) is 0. The van der Waals surface area contributed by atoms with Crippen LogP contribution in [0.15, 0.2) is 29.3 Å². The van der Waals surface area contributed by atoms with Gasteiger partial charge in [0.1, 0.15) is 5.15 Å². The molecule has 0 aliphatic carbocycles. The Bertz CT molecular complexity index is 538. The van der Waals surface area contributed by atoms with E-state index in [1.54, 1.807) is 0 Å². The zero-order valence-corrected chi connectivity index (χ0v) is 10.5. The van der Waals surface area contributed by atoms with Crippen molar-refractivity contribution in [2.75, 3.05) is 0 Å². The topological polar surface area (TPSA) is 17.3 Å². The number of aryl methyl sites for hydroxylation is 1. The number of hydrogen-bond acceptors (Lipinski definition) is 1. The van der Waals surface area contributed by atoms with Crippen LogP contribution in [-0.4, -0.2) is 16.8 Å². The van der Waals surface area contributed by atoms with Crippen LogP contribution in [0.2, 0.25) is 5.15 Å². The smallest absolute Gasteiger partial charge is 0.118 e. The van der Waals surface area contributed by atoms with Crippen LogP contribution in [-0.2, 0) is 7.05 Å². The van der Waals surface area contributed by atoms with Gasteiger partial charge in [-0.25, -0.2) is 0 Å². The Morgan fingerprint density at radius 3 is 2.69 bits per heavy atom. The van der Waals surface area contributed by atoms with Crippen molar-refractivity contribution in [2.45, 2.75) is 19.9 Å². The Morgan fingerprint density at radius 1 is 1.31 bits per heavy atom. The second-order valence-corrected chi connectivity index (χ2v) is 4.51. The fourth-order valence-corrected chi connectivity index (χ4v) is 1.98. The van der Waals surface area contributed by atoms with Crippen LogP contribution in [0.4, 0.5) is 0 Å². The molecule has 0 atom stereocenters. The minimum absolute atomic E-state index is 0.287. The summed E-state index contributed by atoms with van der Waals surface area (Å²) < 4.78 is 1.98.